The Balaban J connectivity index is 1.57. The van der Waals surface area contributed by atoms with Gasteiger partial charge in [-0.05, 0) is 38.4 Å². The van der Waals surface area contributed by atoms with Crippen LogP contribution in [-0.4, -0.2) is 97.1 Å². The van der Waals surface area contributed by atoms with E-state index in [4.69, 9.17) is 0 Å². The average molecular weight is 451 g/mol. The number of nitriles is 1. The van der Waals surface area contributed by atoms with Gasteiger partial charge in [0, 0.05) is 64.5 Å². The zero-order chi connectivity index (χ0) is 22.8. The zero-order valence-corrected chi connectivity index (χ0v) is 19.2. The molecule has 0 aliphatic carbocycles. The Morgan fingerprint density at radius 1 is 1.03 bits per heavy atom. The second kappa shape index (κ2) is 9.48. The van der Waals surface area contributed by atoms with Crippen LogP contribution in [-0.2, 0) is 21.4 Å². The summed E-state index contributed by atoms with van der Waals surface area (Å²) in [6, 6.07) is 1.92. The zero-order valence-electron chi connectivity index (χ0n) is 18.3. The SMILES string of the molecule is Cc1[nH]c(=O)c(C#N)c(C)c1CCC(=O)N1CCN(S(=O)(=O)N2CCN(C)CC2)CC1. The number of nitrogens with one attached hydrogen (secondary N) is 1. The third-order valence-corrected chi connectivity index (χ3v) is 8.25. The van der Waals surface area contributed by atoms with Crippen LogP contribution in [0.5, 0.6) is 0 Å². The molecule has 2 aliphatic rings. The molecule has 10 nitrogen and oxygen atoms in total. The second-order valence-electron chi connectivity index (χ2n) is 8.16. The molecule has 0 aromatic carbocycles. The van der Waals surface area contributed by atoms with Gasteiger partial charge in [0.1, 0.15) is 11.6 Å². The van der Waals surface area contributed by atoms with Gasteiger partial charge in [0.05, 0.1) is 0 Å². The number of H-pyrrole nitrogens is 1. The summed E-state index contributed by atoms with van der Waals surface area (Å²) in [5.74, 6) is -0.0554. The molecule has 11 heteroatoms. The van der Waals surface area contributed by atoms with Crippen LogP contribution in [0.4, 0.5) is 0 Å². The van der Waals surface area contributed by atoms with Crippen LogP contribution >= 0.6 is 0 Å². The Bertz CT molecular complexity index is 1030. The van der Waals surface area contributed by atoms with E-state index in [1.165, 1.54) is 8.61 Å². The first kappa shape index (κ1) is 23.4. The minimum Gasteiger partial charge on any atom is -0.340 e. The van der Waals surface area contributed by atoms with E-state index in [2.05, 4.69) is 9.88 Å². The molecule has 0 spiro atoms. The molecule has 0 radical (unpaired) electrons. The summed E-state index contributed by atoms with van der Waals surface area (Å²) in [4.78, 5) is 31.0. The van der Waals surface area contributed by atoms with Gasteiger partial charge < -0.3 is 14.8 Å². The highest BCUT2D eigenvalue weighted by atomic mass is 32.2. The molecule has 1 aromatic heterocycles. The van der Waals surface area contributed by atoms with E-state index in [1.54, 1.807) is 18.7 Å². The van der Waals surface area contributed by atoms with E-state index in [0.29, 0.717) is 43.9 Å². The predicted molar refractivity (Wildman–Crippen MR) is 116 cm³/mol. The number of hydrogen-bond acceptors (Lipinski definition) is 6. The molecule has 170 valence electrons. The maximum atomic E-state index is 12.9. The van der Waals surface area contributed by atoms with Crippen molar-refractivity contribution in [2.75, 3.05) is 59.4 Å². The van der Waals surface area contributed by atoms with E-state index in [1.807, 2.05) is 13.1 Å². The van der Waals surface area contributed by atoms with Crippen molar-refractivity contribution < 1.29 is 13.2 Å². The minimum absolute atomic E-state index is 0.0554. The van der Waals surface area contributed by atoms with Gasteiger partial charge >= 0.3 is 0 Å². The molecule has 3 heterocycles. The monoisotopic (exact) mass is 450 g/mol. The number of carbonyl (C=O) groups excluding carboxylic acids is 1. The van der Waals surface area contributed by atoms with Gasteiger partial charge in [-0.2, -0.15) is 22.3 Å². The fraction of sp³-hybridized carbons (Fsp3) is 0.650. The maximum absolute atomic E-state index is 12.9. The topological polar surface area (TPSA) is 121 Å². The third-order valence-electron chi connectivity index (χ3n) is 6.22. The molecule has 1 aromatic rings. The third kappa shape index (κ3) is 4.98. The highest BCUT2D eigenvalue weighted by Crippen LogP contribution is 2.18. The number of aryl methyl sites for hydroxylation is 1. The summed E-state index contributed by atoms with van der Waals surface area (Å²) in [5, 5.41) is 9.19. The van der Waals surface area contributed by atoms with Crippen LogP contribution in [0.2, 0.25) is 0 Å². The van der Waals surface area contributed by atoms with Gasteiger partial charge in [-0.15, -0.1) is 0 Å². The van der Waals surface area contributed by atoms with E-state index in [0.717, 1.165) is 18.7 Å². The molecule has 2 aliphatic heterocycles. The Hall–Kier alpha value is -2.26. The summed E-state index contributed by atoms with van der Waals surface area (Å²) >= 11 is 0. The molecule has 2 fully saturated rings. The van der Waals surface area contributed by atoms with Crippen LogP contribution in [0.3, 0.4) is 0 Å². The first-order valence-electron chi connectivity index (χ1n) is 10.5. The maximum Gasteiger partial charge on any atom is 0.282 e. The molecule has 1 amide bonds. The molecule has 0 bridgehead atoms. The summed E-state index contributed by atoms with van der Waals surface area (Å²) < 4.78 is 28.7. The number of piperazine rings is 2. The first-order chi connectivity index (χ1) is 14.6. The fourth-order valence-corrected chi connectivity index (χ4v) is 5.74. The van der Waals surface area contributed by atoms with Crippen molar-refractivity contribution in [2.45, 2.75) is 26.7 Å². The largest absolute Gasteiger partial charge is 0.340 e. The van der Waals surface area contributed by atoms with Gasteiger partial charge in [-0.25, -0.2) is 0 Å². The van der Waals surface area contributed by atoms with Crippen molar-refractivity contribution in [3.63, 3.8) is 0 Å². The van der Waals surface area contributed by atoms with Crippen molar-refractivity contribution in [2.24, 2.45) is 0 Å². The number of likely N-dealkylation sites (N-methyl/N-ethyl adjacent to an activating group) is 1. The van der Waals surface area contributed by atoms with Crippen molar-refractivity contribution in [1.82, 2.24) is 23.4 Å². The van der Waals surface area contributed by atoms with Crippen LogP contribution in [0.25, 0.3) is 0 Å². The summed E-state index contributed by atoms with van der Waals surface area (Å²) in [6.45, 7) is 7.19. The lowest BCUT2D eigenvalue weighted by atomic mass is 9.99. The predicted octanol–water partition coefficient (Wildman–Crippen LogP) is -0.568. The number of carbonyl (C=O) groups is 1. The standard InChI is InChI=1S/C20H30N6O4S/c1-15-17(16(2)22-20(28)18(15)14-21)4-5-19(27)24-8-12-26(13-9-24)31(29,30)25-10-6-23(3)7-11-25/h4-13H2,1-3H3,(H,22,28). The summed E-state index contributed by atoms with van der Waals surface area (Å²) in [5.41, 5.74) is 1.75. The van der Waals surface area contributed by atoms with Gasteiger partial charge in [0.15, 0.2) is 0 Å². The second-order valence-corrected chi connectivity index (χ2v) is 10.1. The lowest BCUT2D eigenvalue weighted by Gasteiger charge is -2.39. The lowest BCUT2D eigenvalue weighted by Crippen LogP contribution is -2.57. The highest BCUT2D eigenvalue weighted by molar-refractivity contribution is 7.86. The van der Waals surface area contributed by atoms with Crippen molar-refractivity contribution >= 4 is 16.1 Å². The fourth-order valence-electron chi connectivity index (χ4n) is 4.16. The normalized spacial score (nSPS) is 19.4. The number of amides is 1. The number of pyridine rings is 1. The van der Waals surface area contributed by atoms with Crippen molar-refractivity contribution in [1.29, 1.82) is 5.26 Å². The smallest absolute Gasteiger partial charge is 0.282 e. The molecule has 1 N–H and O–H groups in total. The Morgan fingerprint density at radius 2 is 1.58 bits per heavy atom. The average Bonchev–Trinajstić information content (AvgIpc) is 2.74. The summed E-state index contributed by atoms with van der Waals surface area (Å²) in [7, 11) is -1.52. The van der Waals surface area contributed by atoms with Crippen LogP contribution in [0, 0.1) is 25.2 Å². The Morgan fingerprint density at radius 3 is 2.13 bits per heavy atom. The summed E-state index contributed by atoms with van der Waals surface area (Å²) in [6.07, 6.45) is 0.658. The number of aromatic amines is 1. The van der Waals surface area contributed by atoms with Crippen LogP contribution in [0.1, 0.15) is 28.8 Å². The molecule has 0 saturated carbocycles. The quantitative estimate of drug-likeness (QED) is 0.642. The van der Waals surface area contributed by atoms with Crippen molar-refractivity contribution in [3.8, 4) is 6.07 Å². The number of hydrogen-bond donors (Lipinski definition) is 1. The van der Waals surface area contributed by atoms with Crippen molar-refractivity contribution in [3.05, 3.63) is 32.7 Å². The van der Waals surface area contributed by atoms with E-state index in [-0.39, 0.29) is 31.0 Å². The number of nitrogens with zero attached hydrogens (tertiary/aromatic N) is 5. The molecular weight excluding hydrogens is 420 g/mol. The molecule has 31 heavy (non-hydrogen) atoms. The first-order valence-corrected chi connectivity index (χ1v) is 11.9. The van der Waals surface area contributed by atoms with Gasteiger partial charge in [0.25, 0.3) is 15.8 Å². The minimum atomic E-state index is -3.50. The van der Waals surface area contributed by atoms with Gasteiger partial charge in [-0.3, -0.25) is 9.59 Å². The molecule has 2 saturated heterocycles. The number of rotatable bonds is 5. The van der Waals surface area contributed by atoms with Gasteiger partial charge in [-0.1, -0.05) is 0 Å². The van der Waals surface area contributed by atoms with E-state index >= 15 is 0 Å². The van der Waals surface area contributed by atoms with E-state index < -0.39 is 15.8 Å². The van der Waals surface area contributed by atoms with Gasteiger partial charge in [0.2, 0.25) is 5.91 Å². The Labute approximate surface area is 183 Å². The highest BCUT2D eigenvalue weighted by Gasteiger charge is 2.34. The Kier molecular flexibility index (Phi) is 7.16. The number of aromatic nitrogens is 1. The van der Waals surface area contributed by atoms with E-state index in [9.17, 15) is 23.3 Å². The lowest BCUT2D eigenvalue weighted by molar-refractivity contribution is -0.132. The molecule has 0 atom stereocenters. The van der Waals surface area contributed by atoms with Crippen LogP contribution < -0.4 is 5.56 Å². The molecule has 3 rings (SSSR count). The molecule has 0 unspecified atom stereocenters. The molecular formula is C20H30N6O4S. The van der Waals surface area contributed by atoms with Crippen LogP contribution in [0.15, 0.2) is 4.79 Å².